The molecule has 10 atom stereocenters. The number of carbonyl (C=O) groups excluding carboxylic acids is 2. The minimum Gasteiger partial charge on any atom is -0.392 e. The van der Waals surface area contributed by atoms with E-state index in [1.165, 1.54) is 19.1 Å². The summed E-state index contributed by atoms with van der Waals surface area (Å²) in [4.78, 5) is 25.9. The molecule has 0 amide bonds. The number of halogens is 2. The zero-order chi connectivity index (χ0) is 31.9. The van der Waals surface area contributed by atoms with E-state index in [1.807, 2.05) is 48.5 Å². The van der Waals surface area contributed by atoms with Gasteiger partial charge in [-0.05, 0) is 72.9 Å². The van der Waals surface area contributed by atoms with E-state index >= 15 is 8.78 Å². The van der Waals surface area contributed by atoms with Gasteiger partial charge in [0.1, 0.15) is 12.8 Å². The zero-order valence-corrected chi connectivity index (χ0v) is 25.3. The molecule has 4 fully saturated rings. The second kappa shape index (κ2) is 10.5. The maximum atomic E-state index is 17.6. The number of aliphatic hydroxyl groups excluding tert-OH is 3. The lowest BCUT2D eigenvalue weighted by Gasteiger charge is -2.63. The van der Waals surface area contributed by atoms with Gasteiger partial charge in [-0.3, -0.25) is 9.59 Å². The number of alkyl halides is 2. The average Bonchev–Trinajstić information content (AvgIpc) is 3.53. The minimum atomic E-state index is -2.30. The first kappa shape index (κ1) is 30.6. The van der Waals surface area contributed by atoms with Crippen LogP contribution in [0, 0.1) is 22.7 Å². The highest BCUT2D eigenvalue weighted by atomic mass is 19.1. The molecule has 0 radical (unpaired) electrons. The highest BCUT2D eigenvalue weighted by Crippen LogP contribution is 2.72. The number of carbonyl (C=O) groups is 2. The largest absolute Gasteiger partial charge is 0.392 e. The summed E-state index contributed by atoms with van der Waals surface area (Å²) in [5.74, 6) is -2.64. The average molecular weight is 621 g/mol. The van der Waals surface area contributed by atoms with E-state index in [2.05, 4.69) is 0 Å². The molecule has 7 nitrogen and oxygen atoms in total. The normalized spacial score (nSPS) is 41.6. The molecule has 1 saturated heterocycles. The third kappa shape index (κ3) is 4.10. The predicted octanol–water partition coefficient (Wildman–Crippen LogP) is 4.41. The first-order valence-corrected chi connectivity index (χ1v) is 15.6. The predicted molar refractivity (Wildman–Crippen MR) is 159 cm³/mol. The zero-order valence-electron chi connectivity index (χ0n) is 25.3. The lowest BCUT2D eigenvalue weighted by atomic mass is 9.44. The van der Waals surface area contributed by atoms with Crippen LogP contribution in [0.1, 0.15) is 61.7 Å². The van der Waals surface area contributed by atoms with Crippen molar-refractivity contribution in [1.82, 2.24) is 0 Å². The Morgan fingerprint density at radius 1 is 1.02 bits per heavy atom. The number of rotatable bonds is 6. The molecule has 2 aromatic rings. The second-order valence-corrected chi connectivity index (χ2v) is 13.9. The third-order valence-corrected chi connectivity index (χ3v) is 11.7. The van der Waals surface area contributed by atoms with Crippen molar-refractivity contribution in [3.63, 3.8) is 0 Å². The van der Waals surface area contributed by atoms with Crippen molar-refractivity contribution in [1.29, 1.82) is 0 Å². The van der Waals surface area contributed by atoms with Crippen LogP contribution in [0.2, 0.25) is 0 Å². The van der Waals surface area contributed by atoms with Gasteiger partial charge in [-0.15, -0.1) is 0 Å². The highest BCUT2D eigenvalue weighted by molar-refractivity contribution is 6.01. The number of benzene rings is 2. The van der Waals surface area contributed by atoms with E-state index in [4.69, 9.17) is 9.47 Å². The second-order valence-electron chi connectivity index (χ2n) is 13.9. The highest BCUT2D eigenvalue weighted by Gasteiger charge is 2.80. The van der Waals surface area contributed by atoms with Gasteiger partial charge >= 0.3 is 0 Å². The van der Waals surface area contributed by atoms with Gasteiger partial charge in [0.2, 0.25) is 0 Å². The van der Waals surface area contributed by atoms with E-state index in [0.717, 1.165) is 22.8 Å². The number of hydrogen-bond acceptors (Lipinski definition) is 7. The van der Waals surface area contributed by atoms with Gasteiger partial charge in [0.25, 0.3) is 0 Å². The molecular formula is C36H38F2O7. The Kier molecular flexibility index (Phi) is 7.11. The summed E-state index contributed by atoms with van der Waals surface area (Å²) >= 11 is 0. The van der Waals surface area contributed by atoms with Gasteiger partial charge in [-0.25, -0.2) is 8.78 Å². The van der Waals surface area contributed by atoms with Crippen molar-refractivity contribution >= 4 is 11.6 Å². The molecule has 0 aromatic heterocycles. The van der Waals surface area contributed by atoms with Crippen LogP contribution in [0.4, 0.5) is 8.78 Å². The Morgan fingerprint density at radius 2 is 1.73 bits per heavy atom. The smallest absolute Gasteiger partial charge is 0.193 e. The van der Waals surface area contributed by atoms with Crippen molar-refractivity contribution in [3.05, 3.63) is 94.6 Å². The van der Waals surface area contributed by atoms with Crippen LogP contribution >= 0.6 is 0 Å². The molecule has 238 valence electrons. The van der Waals surface area contributed by atoms with Gasteiger partial charge in [-0.1, -0.05) is 61.5 Å². The van der Waals surface area contributed by atoms with E-state index < -0.39 is 76.8 Å². The molecule has 3 N–H and O–H groups in total. The van der Waals surface area contributed by atoms with Crippen LogP contribution in [0.5, 0.6) is 0 Å². The van der Waals surface area contributed by atoms with E-state index in [0.29, 0.717) is 12.0 Å². The number of fused-ring (bicyclic) bond motifs is 7. The first-order valence-electron chi connectivity index (χ1n) is 15.6. The Hall–Kier alpha value is -3.08. The summed E-state index contributed by atoms with van der Waals surface area (Å²) in [6.07, 6.45) is -0.922. The first-order chi connectivity index (χ1) is 21.4. The van der Waals surface area contributed by atoms with Gasteiger partial charge in [0.05, 0.1) is 18.8 Å². The summed E-state index contributed by atoms with van der Waals surface area (Å²) in [6.45, 7) is 2.41. The maximum absolute atomic E-state index is 17.6. The molecule has 1 aliphatic heterocycles. The van der Waals surface area contributed by atoms with E-state index in [9.17, 15) is 24.9 Å². The summed E-state index contributed by atoms with van der Waals surface area (Å²) in [5, 5.41) is 31.4. The quantitative estimate of drug-likeness (QED) is 0.439. The molecule has 5 aliphatic rings. The molecule has 2 aromatic carbocycles. The Morgan fingerprint density at radius 3 is 2.47 bits per heavy atom. The van der Waals surface area contributed by atoms with Crippen LogP contribution in [-0.2, 0) is 32.1 Å². The molecular weight excluding hydrogens is 582 g/mol. The van der Waals surface area contributed by atoms with Crippen molar-refractivity contribution in [3.8, 4) is 0 Å². The fraction of sp³-hybridized carbons (Fsp3) is 0.500. The Labute approximate surface area is 260 Å². The standard InChI is InChI=1S/C36H38F2O7/c1-33-10-9-24(41)14-27(33)28(37)15-26-25-16-31-36(30(43)19-40,34(25,2)17-29(42)35(26,33)38)45-32(44-31)23-8-4-6-21(13-23)11-20-5-3-7-22(12-20)18-39/h3-10,12-14,25-26,28-29,31-32,39-40,42H,11,15-19H2,1-2H3/t25-,26-,28-,29-,31+,32+,33-,34-,35-,36+/m0/s1. The van der Waals surface area contributed by atoms with Crippen molar-refractivity contribution in [2.24, 2.45) is 22.7 Å². The van der Waals surface area contributed by atoms with Gasteiger partial charge in [-0.2, -0.15) is 0 Å². The van der Waals surface area contributed by atoms with Gasteiger partial charge < -0.3 is 24.8 Å². The van der Waals surface area contributed by atoms with Crippen molar-refractivity contribution in [2.75, 3.05) is 6.61 Å². The SMILES string of the molecule is C[C@]12C=CC(=O)C=C1[C@@H](F)C[C@H]1[C@@H]3C[C@H]4O[C@@H](c5cccc(Cc6cccc(CO)c6)c5)O[C@@]4(C(=O)CO)[C@@]3(C)C[C@H](O)[C@@]12F. The Balaban J connectivity index is 1.23. The lowest BCUT2D eigenvalue weighted by Crippen LogP contribution is -2.70. The van der Waals surface area contributed by atoms with Crippen LogP contribution < -0.4 is 0 Å². The number of Topliss-reactive ketones (excluding diaryl/α,β-unsaturated/α-hetero) is 1. The Bertz CT molecular complexity index is 1620. The number of ketones is 2. The molecule has 3 saturated carbocycles. The number of aliphatic hydroxyl groups is 3. The van der Waals surface area contributed by atoms with Crippen LogP contribution in [0.15, 0.2) is 72.3 Å². The molecule has 0 unspecified atom stereocenters. The molecule has 1 heterocycles. The maximum Gasteiger partial charge on any atom is 0.193 e. The molecule has 7 rings (SSSR count). The number of allylic oxidation sites excluding steroid dienone is 4. The third-order valence-electron chi connectivity index (χ3n) is 11.7. The monoisotopic (exact) mass is 620 g/mol. The summed E-state index contributed by atoms with van der Waals surface area (Å²) in [7, 11) is 0. The molecule has 0 bridgehead atoms. The van der Waals surface area contributed by atoms with Crippen LogP contribution in [0.3, 0.4) is 0 Å². The summed E-state index contributed by atoms with van der Waals surface area (Å²) < 4.78 is 46.5. The molecule has 4 aliphatic carbocycles. The van der Waals surface area contributed by atoms with Crippen molar-refractivity contribution < 1.29 is 43.2 Å². The minimum absolute atomic E-state index is 0.0336. The van der Waals surface area contributed by atoms with Gasteiger partial charge in [0.15, 0.2) is 29.1 Å². The van der Waals surface area contributed by atoms with Crippen molar-refractivity contribution in [2.45, 2.75) is 82.1 Å². The number of hydrogen-bond donors (Lipinski definition) is 3. The molecule has 9 heteroatoms. The van der Waals surface area contributed by atoms with Crippen LogP contribution in [0.25, 0.3) is 0 Å². The topological polar surface area (TPSA) is 113 Å². The van der Waals surface area contributed by atoms with Crippen LogP contribution in [-0.4, -0.2) is 63.1 Å². The summed E-state index contributed by atoms with van der Waals surface area (Å²) in [5.41, 5.74) is -3.23. The number of ether oxygens (including phenoxy) is 2. The summed E-state index contributed by atoms with van der Waals surface area (Å²) in [6, 6.07) is 15.2. The fourth-order valence-corrected chi connectivity index (χ4v) is 9.64. The molecule has 45 heavy (non-hydrogen) atoms. The lowest BCUT2D eigenvalue weighted by molar-refractivity contribution is -0.235. The van der Waals surface area contributed by atoms with E-state index in [-0.39, 0.29) is 31.4 Å². The van der Waals surface area contributed by atoms with Gasteiger partial charge in [0, 0.05) is 22.3 Å². The molecule has 0 spiro atoms. The fourth-order valence-electron chi connectivity index (χ4n) is 9.64. The van der Waals surface area contributed by atoms with E-state index in [1.54, 1.807) is 6.92 Å².